The van der Waals surface area contributed by atoms with E-state index in [1.807, 2.05) is 39.0 Å². The van der Waals surface area contributed by atoms with Crippen molar-refractivity contribution >= 4 is 16.9 Å². The van der Waals surface area contributed by atoms with Crippen molar-refractivity contribution in [2.45, 2.75) is 26.8 Å². The van der Waals surface area contributed by atoms with Crippen LogP contribution in [0.5, 0.6) is 0 Å². The number of nitrogens with one attached hydrogen (secondary N) is 1. The first-order valence-electron chi connectivity index (χ1n) is 8.65. The van der Waals surface area contributed by atoms with Crippen molar-refractivity contribution in [1.29, 1.82) is 0 Å². The number of amides is 1. The van der Waals surface area contributed by atoms with Crippen molar-refractivity contribution in [2.24, 2.45) is 14.1 Å². The molecule has 7 nitrogen and oxygen atoms in total. The van der Waals surface area contributed by atoms with E-state index in [2.05, 4.69) is 10.3 Å². The van der Waals surface area contributed by atoms with Crippen molar-refractivity contribution in [3.05, 3.63) is 73.6 Å². The molecule has 3 rings (SSSR count). The molecule has 1 amide bonds. The average molecular weight is 366 g/mol. The second-order valence-electron chi connectivity index (χ2n) is 6.83. The van der Waals surface area contributed by atoms with Crippen LogP contribution in [-0.4, -0.2) is 20.0 Å². The second-order valence-corrected chi connectivity index (χ2v) is 6.83. The molecule has 0 radical (unpaired) electrons. The smallest absolute Gasteiger partial charge is 0.332 e. The Labute approximate surface area is 156 Å². The zero-order valence-corrected chi connectivity index (χ0v) is 16.0. The molecule has 0 saturated carbocycles. The van der Waals surface area contributed by atoms with E-state index < -0.39 is 11.2 Å². The van der Waals surface area contributed by atoms with E-state index >= 15 is 0 Å². The summed E-state index contributed by atoms with van der Waals surface area (Å²) in [4.78, 5) is 41.3. The number of aromatic nitrogens is 3. The van der Waals surface area contributed by atoms with Crippen LogP contribution in [0.3, 0.4) is 0 Å². The summed E-state index contributed by atoms with van der Waals surface area (Å²) in [5.74, 6) is -0.363. The van der Waals surface area contributed by atoms with Gasteiger partial charge in [0.25, 0.3) is 11.5 Å². The lowest BCUT2D eigenvalue weighted by molar-refractivity contribution is 0.0935. The maximum absolute atomic E-state index is 12.7. The van der Waals surface area contributed by atoms with Crippen LogP contribution in [0, 0.1) is 13.8 Å². The fourth-order valence-electron chi connectivity index (χ4n) is 3.16. The van der Waals surface area contributed by atoms with Crippen molar-refractivity contribution in [2.75, 3.05) is 0 Å². The first kappa shape index (κ1) is 18.6. The number of pyridine rings is 1. The average Bonchev–Trinajstić information content (AvgIpc) is 2.65. The highest BCUT2D eigenvalue weighted by Gasteiger charge is 2.17. The van der Waals surface area contributed by atoms with Crippen LogP contribution in [0.1, 0.15) is 40.1 Å². The molecule has 2 heterocycles. The number of benzene rings is 1. The van der Waals surface area contributed by atoms with Crippen LogP contribution in [0.2, 0.25) is 0 Å². The molecule has 0 bridgehead atoms. The molecule has 27 heavy (non-hydrogen) atoms. The van der Waals surface area contributed by atoms with Gasteiger partial charge in [-0.2, -0.15) is 0 Å². The van der Waals surface area contributed by atoms with Gasteiger partial charge in [-0.05, 0) is 44.0 Å². The highest BCUT2D eigenvalue weighted by atomic mass is 16.2. The topological polar surface area (TPSA) is 86.0 Å². The van der Waals surface area contributed by atoms with E-state index in [-0.39, 0.29) is 23.3 Å². The lowest BCUT2D eigenvalue weighted by Crippen LogP contribution is -2.37. The third-order valence-electron chi connectivity index (χ3n) is 4.78. The van der Waals surface area contributed by atoms with Gasteiger partial charge in [-0.3, -0.25) is 18.7 Å². The van der Waals surface area contributed by atoms with Gasteiger partial charge in [0.05, 0.1) is 11.4 Å². The Morgan fingerprint density at radius 3 is 2.48 bits per heavy atom. The monoisotopic (exact) mass is 366 g/mol. The van der Waals surface area contributed by atoms with Gasteiger partial charge >= 0.3 is 5.69 Å². The summed E-state index contributed by atoms with van der Waals surface area (Å²) in [5.41, 5.74) is 2.67. The fraction of sp³-hybridized carbons (Fsp3) is 0.300. The van der Waals surface area contributed by atoms with Gasteiger partial charge in [-0.1, -0.05) is 23.8 Å². The van der Waals surface area contributed by atoms with E-state index in [4.69, 9.17) is 0 Å². The molecule has 3 aromatic rings. The Bertz CT molecular complexity index is 1170. The lowest BCUT2D eigenvalue weighted by atomic mass is 10.00. The molecule has 7 heteroatoms. The molecule has 2 aromatic heterocycles. The number of nitrogens with zero attached hydrogens (tertiary/aromatic N) is 3. The Balaban J connectivity index is 1.98. The number of carbonyl (C=O) groups excluding carboxylic acids is 1. The van der Waals surface area contributed by atoms with E-state index in [9.17, 15) is 14.4 Å². The third-order valence-corrected chi connectivity index (χ3v) is 4.78. The highest BCUT2D eigenvalue weighted by Crippen LogP contribution is 2.19. The number of hydrogen-bond acceptors (Lipinski definition) is 4. The molecule has 0 fully saturated rings. The Kier molecular flexibility index (Phi) is 4.70. The normalized spacial score (nSPS) is 12.2. The number of aryl methyl sites for hydroxylation is 3. The maximum atomic E-state index is 12.7. The first-order valence-corrected chi connectivity index (χ1v) is 8.65. The van der Waals surface area contributed by atoms with Crippen molar-refractivity contribution in [1.82, 2.24) is 19.4 Å². The van der Waals surface area contributed by atoms with Gasteiger partial charge in [0, 0.05) is 14.1 Å². The van der Waals surface area contributed by atoms with Crippen molar-refractivity contribution < 1.29 is 4.79 Å². The minimum atomic E-state index is -0.485. The Morgan fingerprint density at radius 2 is 1.78 bits per heavy atom. The number of rotatable bonds is 3. The minimum absolute atomic E-state index is 0.155. The Morgan fingerprint density at radius 1 is 1.07 bits per heavy atom. The molecule has 140 valence electrons. The van der Waals surface area contributed by atoms with Gasteiger partial charge in [0.1, 0.15) is 11.3 Å². The molecule has 1 unspecified atom stereocenters. The number of carbonyl (C=O) groups is 1. The molecule has 0 aliphatic rings. The summed E-state index contributed by atoms with van der Waals surface area (Å²) in [7, 11) is 2.94. The predicted octanol–water partition coefficient (Wildman–Crippen LogP) is 1.74. The second kappa shape index (κ2) is 6.83. The summed E-state index contributed by atoms with van der Waals surface area (Å²) >= 11 is 0. The van der Waals surface area contributed by atoms with Crippen molar-refractivity contribution in [3.8, 4) is 0 Å². The molecule has 1 N–H and O–H groups in total. The first-order chi connectivity index (χ1) is 12.7. The lowest BCUT2D eigenvalue weighted by Gasteiger charge is -2.17. The quantitative estimate of drug-likeness (QED) is 0.765. The molecule has 0 aliphatic heterocycles. The molecule has 1 aromatic carbocycles. The minimum Gasteiger partial charge on any atom is -0.344 e. The van der Waals surface area contributed by atoms with Gasteiger partial charge in [0.2, 0.25) is 0 Å². The van der Waals surface area contributed by atoms with E-state index in [0.717, 1.165) is 21.3 Å². The van der Waals surface area contributed by atoms with Crippen LogP contribution in [-0.2, 0) is 14.1 Å². The van der Waals surface area contributed by atoms with E-state index in [1.165, 1.54) is 30.8 Å². The van der Waals surface area contributed by atoms with Crippen LogP contribution in [0.25, 0.3) is 11.0 Å². The fourth-order valence-corrected chi connectivity index (χ4v) is 3.16. The summed E-state index contributed by atoms with van der Waals surface area (Å²) in [5, 5.41) is 3.22. The van der Waals surface area contributed by atoms with Crippen molar-refractivity contribution in [3.63, 3.8) is 0 Å². The molecule has 1 atom stereocenters. The molecule has 0 aliphatic carbocycles. The zero-order chi connectivity index (χ0) is 19.9. The largest absolute Gasteiger partial charge is 0.344 e. The Hall–Kier alpha value is -3.22. The highest BCUT2D eigenvalue weighted by molar-refractivity contribution is 5.94. The van der Waals surface area contributed by atoms with Gasteiger partial charge in [-0.25, -0.2) is 9.78 Å². The van der Waals surface area contributed by atoms with Crippen LogP contribution in [0.15, 0.2) is 39.9 Å². The van der Waals surface area contributed by atoms with Gasteiger partial charge < -0.3 is 5.32 Å². The summed E-state index contributed by atoms with van der Waals surface area (Å²) in [6.07, 6.45) is 0. The molecule has 0 saturated heterocycles. The summed E-state index contributed by atoms with van der Waals surface area (Å²) in [6, 6.07) is 8.91. The molecular weight excluding hydrogens is 344 g/mol. The summed E-state index contributed by atoms with van der Waals surface area (Å²) in [6.45, 7) is 5.91. The number of hydrogen-bond donors (Lipinski definition) is 1. The zero-order valence-electron chi connectivity index (χ0n) is 16.0. The predicted molar refractivity (Wildman–Crippen MR) is 104 cm³/mol. The van der Waals surface area contributed by atoms with Gasteiger partial charge in [-0.15, -0.1) is 0 Å². The van der Waals surface area contributed by atoms with E-state index in [1.54, 1.807) is 0 Å². The standard InChI is InChI=1S/C20H22N4O3/c1-11-6-7-12(2)15(10-11)13(3)21-18(25)16-9-8-14-17(22-16)23(4)20(27)24(5)19(14)26/h6-10,13H,1-5H3,(H,21,25). The maximum Gasteiger partial charge on any atom is 0.332 e. The third kappa shape index (κ3) is 3.28. The SMILES string of the molecule is Cc1ccc(C)c(C(C)NC(=O)c2ccc3c(=O)n(C)c(=O)n(C)c3n2)c1. The van der Waals surface area contributed by atoms with Crippen LogP contribution < -0.4 is 16.6 Å². The molecular formula is C20H22N4O3. The van der Waals surface area contributed by atoms with Gasteiger partial charge in [0.15, 0.2) is 0 Å². The van der Waals surface area contributed by atoms with Crippen LogP contribution in [0.4, 0.5) is 0 Å². The van der Waals surface area contributed by atoms with Crippen LogP contribution >= 0.6 is 0 Å². The summed E-state index contributed by atoms with van der Waals surface area (Å²) < 4.78 is 2.29. The van der Waals surface area contributed by atoms with E-state index in [0.29, 0.717) is 5.39 Å². The molecule has 0 spiro atoms. The number of fused-ring (bicyclic) bond motifs is 1.